The van der Waals surface area contributed by atoms with Crippen molar-refractivity contribution < 1.29 is 4.42 Å². The summed E-state index contributed by atoms with van der Waals surface area (Å²) in [5.41, 5.74) is 9.01. The third-order valence-electron chi connectivity index (χ3n) is 6.67. The highest BCUT2D eigenvalue weighted by molar-refractivity contribution is 9.10. The normalized spacial score (nSPS) is 12.4. The predicted molar refractivity (Wildman–Crippen MR) is 147 cm³/mol. The van der Waals surface area contributed by atoms with Crippen LogP contribution >= 0.6 is 15.9 Å². The van der Waals surface area contributed by atoms with Gasteiger partial charge in [0.2, 0.25) is 0 Å². The molecule has 1 aliphatic carbocycles. The molecule has 0 unspecified atom stereocenters. The number of furan rings is 1. The highest BCUT2D eigenvalue weighted by Gasteiger charge is 2.24. The number of hydrogen-bond acceptors (Lipinski definition) is 1. The Kier molecular flexibility index (Phi) is 4.32. The van der Waals surface area contributed by atoms with E-state index in [0.717, 1.165) is 26.4 Å². The Morgan fingerprint density at radius 2 is 1.47 bits per heavy atom. The van der Waals surface area contributed by atoms with E-state index in [1.165, 1.54) is 44.2 Å². The lowest BCUT2D eigenvalue weighted by Crippen LogP contribution is -1.95. The van der Waals surface area contributed by atoms with Gasteiger partial charge in [-0.15, -0.1) is 0 Å². The second kappa shape index (κ2) is 7.53. The first-order chi connectivity index (χ1) is 16.8. The zero-order valence-corrected chi connectivity index (χ0v) is 19.8. The summed E-state index contributed by atoms with van der Waals surface area (Å²) in [6.07, 6.45) is 9.50. The number of hydrogen-bond donors (Lipinski definition) is 0. The van der Waals surface area contributed by atoms with Gasteiger partial charge in [-0.05, 0) is 50.8 Å². The molecule has 0 bridgehead atoms. The van der Waals surface area contributed by atoms with Crippen molar-refractivity contribution >= 4 is 60.8 Å². The van der Waals surface area contributed by atoms with Crippen LogP contribution in [0.4, 0.5) is 0 Å². The van der Waals surface area contributed by atoms with E-state index in [-0.39, 0.29) is 0 Å². The monoisotopic (exact) mass is 497 g/mol. The van der Waals surface area contributed by atoms with Gasteiger partial charge >= 0.3 is 0 Å². The Balaban J connectivity index is 1.59. The lowest BCUT2D eigenvalue weighted by atomic mass is 9.86. The van der Waals surface area contributed by atoms with Crippen LogP contribution in [0.25, 0.3) is 67.1 Å². The van der Waals surface area contributed by atoms with Gasteiger partial charge in [-0.2, -0.15) is 0 Å². The van der Waals surface area contributed by atoms with Crippen molar-refractivity contribution in [1.82, 2.24) is 0 Å². The van der Waals surface area contributed by atoms with Crippen LogP contribution in [0.5, 0.6) is 0 Å². The number of fused-ring (bicyclic) bond motifs is 5. The van der Waals surface area contributed by atoms with Gasteiger partial charge in [0.1, 0.15) is 34.4 Å². The molecule has 1 aliphatic rings. The third-order valence-corrected chi connectivity index (χ3v) is 7.53. The average Bonchev–Trinajstić information content (AvgIpc) is 3.28. The van der Waals surface area contributed by atoms with Gasteiger partial charge in [0.15, 0.2) is 0 Å². The summed E-state index contributed by atoms with van der Waals surface area (Å²) in [6, 6.07) is 32.0. The predicted octanol–water partition coefficient (Wildman–Crippen LogP) is 9.68. The van der Waals surface area contributed by atoms with Crippen LogP contribution in [0.3, 0.4) is 0 Å². The molecule has 0 saturated heterocycles. The molecule has 6 aromatic rings. The standard InChI is InChI=1S/C32H18BrO/c33-32-24-12-5-4-11-23(24)30(20-9-2-1-3-10-20)27-19-21(17-18-25(27)32)22-14-8-16-29-31(22)26-13-6-7-15-28(26)34-29/h1-3,5-19H/q+1. The van der Waals surface area contributed by atoms with Crippen LogP contribution in [0.15, 0.2) is 106 Å². The molecule has 34 heavy (non-hydrogen) atoms. The summed E-state index contributed by atoms with van der Waals surface area (Å²) in [7, 11) is 0. The molecule has 0 spiro atoms. The summed E-state index contributed by atoms with van der Waals surface area (Å²) in [4.78, 5) is 0. The number of rotatable bonds is 2. The van der Waals surface area contributed by atoms with Gasteiger partial charge in [0.25, 0.3) is 0 Å². The summed E-state index contributed by atoms with van der Waals surface area (Å²) >= 11 is 3.91. The summed E-state index contributed by atoms with van der Waals surface area (Å²) in [6.45, 7) is 0. The SMILES string of the molecule is Brc1c2c(c(-c3ccccc3)c3cc(-c4cccc5oc6ccccc6c45)ccc13)C=[C+]C=C2. The molecule has 1 aromatic heterocycles. The Bertz CT molecular complexity index is 1800. The zero-order valence-electron chi connectivity index (χ0n) is 18.2. The first kappa shape index (κ1) is 19.5. The van der Waals surface area contributed by atoms with Gasteiger partial charge in [0, 0.05) is 27.6 Å². The second-order valence-electron chi connectivity index (χ2n) is 8.56. The summed E-state index contributed by atoms with van der Waals surface area (Å²) < 4.78 is 7.28. The molecule has 0 radical (unpaired) electrons. The van der Waals surface area contributed by atoms with E-state index in [0.29, 0.717) is 0 Å². The third kappa shape index (κ3) is 2.83. The van der Waals surface area contributed by atoms with Gasteiger partial charge in [-0.25, -0.2) is 0 Å². The quantitative estimate of drug-likeness (QED) is 0.217. The molecule has 1 heterocycles. The Hall–Kier alpha value is -3.97. The Labute approximate surface area is 205 Å². The highest BCUT2D eigenvalue weighted by Crippen LogP contribution is 2.44. The number of halogens is 1. The van der Waals surface area contributed by atoms with E-state index >= 15 is 0 Å². The first-order valence-corrected chi connectivity index (χ1v) is 12.1. The molecule has 0 saturated carbocycles. The average molecular weight is 498 g/mol. The molecule has 0 fully saturated rings. The highest BCUT2D eigenvalue weighted by atomic mass is 79.9. The lowest BCUT2D eigenvalue weighted by molar-refractivity contribution is 0.669. The van der Waals surface area contributed by atoms with Crippen LogP contribution in [-0.4, -0.2) is 0 Å². The maximum Gasteiger partial charge on any atom is 0.136 e. The largest absolute Gasteiger partial charge is 0.456 e. The molecule has 0 N–H and O–H groups in total. The molecule has 0 aliphatic heterocycles. The molecule has 7 rings (SSSR count). The van der Waals surface area contributed by atoms with Crippen molar-refractivity contribution in [2.75, 3.05) is 0 Å². The van der Waals surface area contributed by atoms with Gasteiger partial charge in [-0.1, -0.05) is 72.8 Å². The minimum atomic E-state index is 0.913. The second-order valence-corrected chi connectivity index (χ2v) is 9.36. The topological polar surface area (TPSA) is 13.1 Å². The van der Waals surface area contributed by atoms with Crippen molar-refractivity contribution in [3.8, 4) is 22.3 Å². The number of allylic oxidation sites excluding steroid dienone is 2. The first-order valence-electron chi connectivity index (χ1n) is 11.3. The molecular formula is C32H18BrO+. The van der Waals surface area contributed by atoms with Crippen molar-refractivity contribution in [3.63, 3.8) is 0 Å². The van der Waals surface area contributed by atoms with E-state index in [2.05, 4.69) is 113 Å². The van der Waals surface area contributed by atoms with Gasteiger partial charge in [-0.3, -0.25) is 0 Å². The van der Waals surface area contributed by atoms with Crippen LogP contribution in [-0.2, 0) is 0 Å². The number of para-hydroxylation sites is 1. The van der Waals surface area contributed by atoms with Crippen LogP contribution < -0.4 is 0 Å². The van der Waals surface area contributed by atoms with Crippen molar-refractivity contribution in [1.29, 1.82) is 0 Å². The van der Waals surface area contributed by atoms with E-state index in [1.807, 2.05) is 18.2 Å². The number of benzene rings is 5. The van der Waals surface area contributed by atoms with E-state index in [9.17, 15) is 0 Å². The summed E-state index contributed by atoms with van der Waals surface area (Å²) in [5, 5.41) is 4.72. The molecule has 0 atom stereocenters. The van der Waals surface area contributed by atoms with Crippen LogP contribution in [0, 0.1) is 6.08 Å². The van der Waals surface area contributed by atoms with E-state index < -0.39 is 0 Å². The summed E-state index contributed by atoms with van der Waals surface area (Å²) in [5.74, 6) is 0. The van der Waals surface area contributed by atoms with Crippen LogP contribution in [0.2, 0.25) is 0 Å². The van der Waals surface area contributed by atoms with Crippen molar-refractivity contribution in [2.24, 2.45) is 0 Å². The van der Waals surface area contributed by atoms with Gasteiger partial charge < -0.3 is 4.42 Å². The van der Waals surface area contributed by atoms with Gasteiger partial charge in [0.05, 0.1) is 16.1 Å². The minimum Gasteiger partial charge on any atom is -0.456 e. The zero-order chi connectivity index (χ0) is 22.6. The molecule has 5 aromatic carbocycles. The fraction of sp³-hybridized carbons (Fsp3) is 0. The van der Waals surface area contributed by atoms with E-state index in [4.69, 9.17) is 4.42 Å². The fourth-order valence-electron chi connectivity index (χ4n) is 5.16. The fourth-order valence-corrected chi connectivity index (χ4v) is 5.85. The molecule has 0 amide bonds. The molecular weight excluding hydrogens is 480 g/mol. The maximum absolute atomic E-state index is 6.16. The van der Waals surface area contributed by atoms with Crippen molar-refractivity contribution in [2.45, 2.75) is 0 Å². The molecule has 1 nitrogen and oxygen atoms in total. The lowest BCUT2D eigenvalue weighted by Gasteiger charge is -2.15. The minimum absolute atomic E-state index is 0.913. The Morgan fingerprint density at radius 3 is 2.38 bits per heavy atom. The van der Waals surface area contributed by atoms with Crippen LogP contribution in [0.1, 0.15) is 11.1 Å². The van der Waals surface area contributed by atoms with Crippen molar-refractivity contribution in [3.05, 3.63) is 119 Å². The maximum atomic E-state index is 6.16. The molecule has 158 valence electrons. The molecule has 2 heteroatoms. The van der Waals surface area contributed by atoms with E-state index in [1.54, 1.807) is 0 Å². The smallest absolute Gasteiger partial charge is 0.136 e. The Morgan fingerprint density at radius 1 is 0.647 bits per heavy atom.